The molecular formula is C17H34N2O4. The number of ether oxygens (including phenoxy) is 1. The predicted octanol–water partition coefficient (Wildman–Crippen LogP) is 3.26. The summed E-state index contributed by atoms with van der Waals surface area (Å²) in [5.41, 5.74) is -0.634. The molecule has 0 saturated heterocycles. The van der Waals surface area contributed by atoms with Crippen LogP contribution in [0.2, 0.25) is 0 Å². The summed E-state index contributed by atoms with van der Waals surface area (Å²) in [5.74, 6) is -1.02. The van der Waals surface area contributed by atoms with Gasteiger partial charge in [0.25, 0.3) is 0 Å². The molecule has 23 heavy (non-hydrogen) atoms. The molecule has 0 rings (SSSR count). The SMILES string of the molecule is CCCCN(CCC)CCCC(NC(=O)OC(C)(C)C)C(=O)O. The van der Waals surface area contributed by atoms with Crippen LogP contribution in [-0.2, 0) is 9.53 Å². The minimum Gasteiger partial charge on any atom is -0.480 e. The van der Waals surface area contributed by atoms with Gasteiger partial charge in [0.2, 0.25) is 0 Å². The lowest BCUT2D eigenvalue weighted by Gasteiger charge is -2.24. The Morgan fingerprint density at radius 2 is 1.70 bits per heavy atom. The molecule has 136 valence electrons. The zero-order valence-corrected chi connectivity index (χ0v) is 15.4. The molecule has 0 aromatic carbocycles. The summed E-state index contributed by atoms with van der Waals surface area (Å²) in [5, 5.41) is 11.7. The summed E-state index contributed by atoms with van der Waals surface area (Å²) >= 11 is 0. The molecule has 0 bridgehead atoms. The van der Waals surface area contributed by atoms with Crippen LogP contribution < -0.4 is 5.32 Å². The third-order valence-electron chi connectivity index (χ3n) is 3.32. The number of aliphatic carboxylic acids is 1. The number of carbonyl (C=O) groups excluding carboxylic acids is 1. The van der Waals surface area contributed by atoms with E-state index < -0.39 is 23.7 Å². The molecule has 0 spiro atoms. The van der Waals surface area contributed by atoms with Crippen molar-refractivity contribution in [3.8, 4) is 0 Å². The maximum atomic E-state index is 11.7. The number of hydrogen-bond acceptors (Lipinski definition) is 4. The third kappa shape index (κ3) is 11.9. The Kier molecular flexibility index (Phi) is 10.6. The lowest BCUT2D eigenvalue weighted by atomic mass is 10.1. The van der Waals surface area contributed by atoms with E-state index in [0.29, 0.717) is 6.42 Å². The maximum Gasteiger partial charge on any atom is 0.408 e. The van der Waals surface area contributed by atoms with E-state index >= 15 is 0 Å². The molecule has 0 aliphatic carbocycles. The van der Waals surface area contributed by atoms with E-state index in [1.54, 1.807) is 20.8 Å². The van der Waals surface area contributed by atoms with Crippen molar-refractivity contribution in [2.45, 2.75) is 78.4 Å². The fourth-order valence-electron chi connectivity index (χ4n) is 2.26. The summed E-state index contributed by atoms with van der Waals surface area (Å²) in [6.45, 7) is 12.5. The van der Waals surface area contributed by atoms with Gasteiger partial charge >= 0.3 is 12.1 Å². The average molecular weight is 330 g/mol. The van der Waals surface area contributed by atoms with Crippen LogP contribution in [0.1, 0.15) is 66.7 Å². The molecule has 0 saturated carbocycles. The number of nitrogens with one attached hydrogen (secondary N) is 1. The van der Waals surface area contributed by atoms with E-state index in [0.717, 1.165) is 45.3 Å². The monoisotopic (exact) mass is 330 g/mol. The highest BCUT2D eigenvalue weighted by Crippen LogP contribution is 2.08. The Labute approximate surface area is 140 Å². The van der Waals surface area contributed by atoms with Crippen molar-refractivity contribution in [2.75, 3.05) is 19.6 Å². The second-order valence-electron chi connectivity index (χ2n) is 6.87. The Hall–Kier alpha value is -1.30. The van der Waals surface area contributed by atoms with Crippen molar-refractivity contribution in [3.05, 3.63) is 0 Å². The molecule has 0 radical (unpaired) electrons. The Morgan fingerprint density at radius 3 is 2.17 bits per heavy atom. The van der Waals surface area contributed by atoms with Gasteiger partial charge in [-0.05, 0) is 66.1 Å². The van der Waals surface area contributed by atoms with Crippen LogP contribution in [-0.4, -0.2) is 53.3 Å². The highest BCUT2D eigenvalue weighted by atomic mass is 16.6. The summed E-state index contributed by atoms with van der Waals surface area (Å²) in [6, 6.07) is -0.903. The molecule has 0 aromatic rings. The standard InChI is InChI=1S/C17H34N2O4/c1-6-8-12-19(11-7-2)13-9-10-14(15(20)21)18-16(22)23-17(3,4)5/h14H,6-13H2,1-5H3,(H,18,22)(H,20,21). The second kappa shape index (κ2) is 11.3. The van der Waals surface area contributed by atoms with Crippen molar-refractivity contribution in [3.63, 3.8) is 0 Å². The van der Waals surface area contributed by atoms with Gasteiger partial charge in [-0.2, -0.15) is 0 Å². The van der Waals surface area contributed by atoms with Crippen LogP contribution >= 0.6 is 0 Å². The zero-order valence-electron chi connectivity index (χ0n) is 15.4. The van der Waals surface area contributed by atoms with Gasteiger partial charge in [-0.25, -0.2) is 9.59 Å². The van der Waals surface area contributed by atoms with E-state index in [1.807, 2.05) is 0 Å². The van der Waals surface area contributed by atoms with E-state index in [2.05, 4.69) is 24.1 Å². The molecule has 0 aromatic heterocycles. The number of hydrogen-bond donors (Lipinski definition) is 2. The Bertz CT molecular complexity index is 353. The molecule has 0 aliphatic heterocycles. The Morgan fingerprint density at radius 1 is 1.09 bits per heavy atom. The molecule has 0 aliphatic rings. The maximum absolute atomic E-state index is 11.7. The van der Waals surface area contributed by atoms with Gasteiger partial charge in [0.15, 0.2) is 0 Å². The number of alkyl carbamates (subject to hydrolysis) is 1. The molecule has 1 atom stereocenters. The van der Waals surface area contributed by atoms with Crippen LogP contribution in [0.5, 0.6) is 0 Å². The molecule has 0 fully saturated rings. The number of carbonyl (C=O) groups is 2. The van der Waals surface area contributed by atoms with E-state index in [1.165, 1.54) is 0 Å². The first kappa shape index (κ1) is 21.7. The number of rotatable bonds is 11. The molecule has 0 heterocycles. The smallest absolute Gasteiger partial charge is 0.408 e. The number of carboxylic acid groups (broad SMARTS) is 1. The topological polar surface area (TPSA) is 78.9 Å². The van der Waals surface area contributed by atoms with Gasteiger partial charge < -0.3 is 20.1 Å². The largest absolute Gasteiger partial charge is 0.480 e. The van der Waals surface area contributed by atoms with Crippen molar-refractivity contribution >= 4 is 12.1 Å². The summed E-state index contributed by atoms with van der Waals surface area (Å²) < 4.78 is 5.11. The van der Waals surface area contributed by atoms with Gasteiger partial charge in [0.05, 0.1) is 0 Å². The first-order chi connectivity index (χ1) is 10.7. The molecule has 2 N–H and O–H groups in total. The number of amides is 1. The molecule has 6 nitrogen and oxygen atoms in total. The molecule has 1 amide bonds. The summed E-state index contributed by atoms with van der Waals surface area (Å²) in [7, 11) is 0. The van der Waals surface area contributed by atoms with Gasteiger partial charge in [-0.3, -0.25) is 0 Å². The van der Waals surface area contributed by atoms with Gasteiger partial charge in [0.1, 0.15) is 11.6 Å². The summed E-state index contributed by atoms with van der Waals surface area (Å²) in [4.78, 5) is 25.4. The van der Waals surface area contributed by atoms with E-state index in [-0.39, 0.29) is 0 Å². The minimum atomic E-state index is -1.02. The van der Waals surface area contributed by atoms with Crippen LogP contribution in [0.15, 0.2) is 0 Å². The van der Waals surface area contributed by atoms with Crippen LogP contribution in [0.4, 0.5) is 4.79 Å². The lowest BCUT2D eigenvalue weighted by Crippen LogP contribution is -2.43. The fourth-order valence-corrected chi connectivity index (χ4v) is 2.26. The first-order valence-electron chi connectivity index (χ1n) is 8.64. The molecule has 6 heteroatoms. The van der Waals surface area contributed by atoms with Crippen molar-refractivity contribution in [2.24, 2.45) is 0 Å². The third-order valence-corrected chi connectivity index (χ3v) is 3.32. The van der Waals surface area contributed by atoms with Crippen LogP contribution in [0.3, 0.4) is 0 Å². The minimum absolute atomic E-state index is 0.404. The second-order valence-corrected chi connectivity index (χ2v) is 6.87. The van der Waals surface area contributed by atoms with Crippen molar-refractivity contribution in [1.29, 1.82) is 0 Å². The summed E-state index contributed by atoms with van der Waals surface area (Å²) in [6.07, 6.45) is 3.84. The Balaban J connectivity index is 4.31. The number of nitrogens with zero attached hydrogens (tertiary/aromatic N) is 1. The first-order valence-corrected chi connectivity index (χ1v) is 8.64. The van der Waals surface area contributed by atoms with Gasteiger partial charge in [-0.15, -0.1) is 0 Å². The van der Waals surface area contributed by atoms with Crippen molar-refractivity contribution in [1.82, 2.24) is 10.2 Å². The number of carboxylic acids is 1. The predicted molar refractivity (Wildman–Crippen MR) is 91.7 cm³/mol. The number of unbranched alkanes of at least 4 members (excludes halogenated alkanes) is 1. The van der Waals surface area contributed by atoms with Crippen LogP contribution in [0, 0.1) is 0 Å². The van der Waals surface area contributed by atoms with E-state index in [4.69, 9.17) is 4.74 Å². The van der Waals surface area contributed by atoms with Crippen LogP contribution in [0.25, 0.3) is 0 Å². The highest BCUT2D eigenvalue weighted by Gasteiger charge is 2.23. The average Bonchev–Trinajstić information content (AvgIpc) is 2.41. The van der Waals surface area contributed by atoms with Gasteiger partial charge in [-0.1, -0.05) is 20.3 Å². The lowest BCUT2D eigenvalue weighted by molar-refractivity contribution is -0.139. The quantitative estimate of drug-likeness (QED) is 0.608. The highest BCUT2D eigenvalue weighted by molar-refractivity contribution is 5.79. The van der Waals surface area contributed by atoms with E-state index in [9.17, 15) is 14.7 Å². The molecule has 1 unspecified atom stereocenters. The normalized spacial score (nSPS) is 13.0. The molecular weight excluding hydrogens is 296 g/mol. The van der Waals surface area contributed by atoms with Crippen molar-refractivity contribution < 1.29 is 19.4 Å². The fraction of sp³-hybridized carbons (Fsp3) is 0.882. The zero-order chi connectivity index (χ0) is 17.9. The van der Waals surface area contributed by atoms with Gasteiger partial charge in [0, 0.05) is 0 Å².